The van der Waals surface area contributed by atoms with Gasteiger partial charge >= 0.3 is 0 Å². The van der Waals surface area contributed by atoms with Gasteiger partial charge in [-0.25, -0.2) is 4.98 Å². The van der Waals surface area contributed by atoms with Gasteiger partial charge in [-0.15, -0.1) is 22.7 Å². The SMILES string of the molecule is CN=C(NCc1csc(CCc2ccccc2)n1)NCC(C)c1cccs1. The standard InChI is InChI=1S/C21H26N4S2/c1-16(19-9-6-12-26-19)13-23-21(22-2)24-14-18-15-27-20(25-18)11-10-17-7-4-3-5-8-17/h3-9,12,15-16H,10-11,13-14H2,1-2H3,(H2,22,23,24). The Kier molecular flexibility index (Phi) is 7.42. The number of hydrogen-bond donors (Lipinski definition) is 2. The third-order valence-corrected chi connectivity index (χ3v) is 6.40. The van der Waals surface area contributed by atoms with Gasteiger partial charge in [0.05, 0.1) is 17.2 Å². The number of guanidine groups is 1. The van der Waals surface area contributed by atoms with Crippen molar-refractivity contribution in [2.75, 3.05) is 13.6 Å². The van der Waals surface area contributed by atoms with E-state index in [9.17, 15) is 0 Å². The van der Waals surface area contributed by atoms with Crippen molar-refractivity contribution < 1.29 is 0 Å². The highest BCUT2D eigenvalue weighted by Gasteiger charge is 2.08. The average Bonchev–Trinajstić information content (AvgIpc) is 3.39. The molecular weight excluding hydrogens is 372 g/mol. The molecule has 0 aliphatic rings. The summed E-state index contributed by atoms with van der Waals surface area (Å²) in [5, 5.41) is 12.2. The van der Waals surface area contributed by atoms with Crippen molar-refractivity contribution in [1.82, 2.24) is 15.6 Å². The topological polar surface area (TPSA) is 49.3 Å². The highest BCUT2D eigenvalue weighted by atomic mass is 32.1. The Morgan fingerprint density at radius 3 is 2.67 bits per heavy atom. The molecule has 0 amide bonds. The third kappa shape index (κ3) is 6.19. The Labute approximate surface area is 169 Å². The van der Waals surface area contributed by atoms with E-state index in [-0.39, 0.29) is 0 Å². The van der Waals surface area contributed by atoms with Crippen molar-refractivity contribution in [2.45, 2.75) is 32.2 Å². The average molecular weight is 399 g/mol. The van der Waals surface area contributed by atoms with E-state index in [1.54, 1.807) is 29.7 Å². The van der Waals surface area contributed by atoms with E-state index in [4.69, 9.17) is 4.98 Å². The molecule has 0 fully saturated rings. The second kappa shape index (κ2) is 10.2. The number of rotatable bonds is 8. The van der Waals surface area contributed by atoms with Gasteiger partial charge in [0.15, 0.2) is 5.96 Å². The van der Waals surface area contributed by atoms with Gasteiger partial charge < -0.3 is 10.6 Å². The molecule has 142 valence electrons. The minimum Gasteiger partial charge on any atom is -0.356 e. The van der Waals surface area contributed by atoms with Gasteiger partial charge in [0.25, 0.3) is 0 Å². The first-order valence-electron chi connectivity index (χ1n) is 9.19. The molecule has 27 heavy (non-hydrogen) atoms. The largest absolute Gasteiger partial charge is 0.356 e. The van der Waals surface area contributed by atoms with E-state index in [2.05, 4.69) is 75.8 Å². The van der Waals surface area contributed by atoms with Crippen LogP contribution >= 0.6 is 22.7 Å². The van der Waals surface area contributed by atoms with Crippen LogP contribution in [0.1, 0.15) is 34.0 Å². The molecule has 1 unspecified atom stereocenters. The lowest BCUT2D eigenvalue weighted by atomic mass is 10.1. The van der Waals surface area contributed by atoms with Crippen molar-refractivity contribution >= 4 is 28.6 Å². The second-order valence-electron chi connectivity index (χ2n) is 6.44. The van der Waals surface area contributed by atoms with Crippen LogP contribution in [0.4, 0.5) is 0 Å². The van der Waals surface area contributed by atoms with E-state index in [0.717, 1.165) is 31.0 Å². The van der Waals surface area contributed by atoms with Gasteiger partial charge in [0, 0.05) is 36.2 Å². The molecule has 0 aliphatic heterocycles. The summed E-state index contributed by atoms with van der Waals surface area (Å²) in [6.45, 7) is 3.78. The van der Waals surface area contributed by atoms with Crippen molar-refractivity contribution in [3.63, 3.8) is 0 Å². The Morgan fingerprint density at radius 2 is 1.93 bits per heavy atom. The molecular formula is C21H26N4S2. The van der Waals surface area contributed by atoms with E-state index in [0.29, 0.717) is 12.5 Å². The van der Waals surface area contributed by atoms with E-state index in [1.165, 1.54) is 15.4 Å². The third-order valence-electron chi connectivity index (χ3n) is 4.33. The highest BCUT2D eigenvalue weighted by molar-refractivity contribution is 7.10. The summed E-state index contributed by atoms with van der Waals surface area (Å²) in [4.78, 5) is 10.4. The smallest absolute Gasteiger partial charge is 0.191 e. The fraction of sp³-hybridized carbons (Fsp3) is 0.333. The maximum absolute atomic E-state index is 4.74. The Balaban J connectivity index is 1.42. The first-order valence-corrected chi connectivity index (χ1v) is 11.0. The minimum atomic E-state index is 0.465. The van der Waals surface area contributed by atoms with E-state index >= 15 is 0 Å². The summed E-state index contributed by atoms with van der Waals surface area (Å²) in [7, 11) is 1.80. The van der Waals surface area contributed by atoms with Crippen LogP contribution in [0.3, 0.4) is 0 Å². The molecule has 3 aromatic rings. The summed E-state index contributed by atoms with van der Waals surface area (Å²) in [5.74, 6) is 1.28. The number of aromatic nitrogens is 1. The van der Waals surface area contributed by atoms with Crippen LogP contribution in [0.25, 0.3) is 0 Å². The summed E-state index contributed by atoms with van der Waals surface area (Å²) in [5.41, 5.74) is 2.43. The lowest BCUT2D eigenvalue weighted by Crippen LogP contribution is -2.38. The normalized spacial score (nSPS) is 12.7. The van der Waals surface area contributed by atoms with Gasteiger partial charge in [-0.1, -0.05) is 43.3 Å². The lowest BCUT2D eigenvalue weighted by Gasteiger charge is -2.14. The van der Waals surface area contributed by atoms with Crippen LogP contribution < -0.4 is 10.6 Å². The lowest BCUT2D eigenvalue weighted by molar-refractivity contribution is 0.706. The number of thiophene rings is 1. The molecule has 0 saturated carbocycles. The molecule has 1 aromatic carbocycles. The summed E-state index contributed by atoms with van der Waals surface area (Å²) >= 11 is 3.53. The number of nitrogens with zero attached hydrogens (tertiary/aromatic N) is 2. The van der Waals surface area contributed by atoms with Crippen molar-refractivity contribution in [1.29, 1.82) is 0 Å². The molecule has 0 saturated heterocycles. The second-order valence-corrected chi connectivity index (χ2v) is 8.36. The molecule has 0 aliphatic carbocycles. The van der Waals surface area contributed by atoms with Crippen LogP contribution in [0.15, 0.2) is 58.2 Å². The molecule has 4 nitrogen and oxygen atoms in total. The van der Waals surface area contributed by atoms with Gasteiger partial charge in [0.1, 0.15) is 0 Å². The molecule has 0 spiro atoms. The predicted octanol–water partition coefficient (Wildman–Crippen LogP) is 4.46. The van der Waals surface area contributed by atoms with Crippen molar-refractivity contribution in [2.24, 2.45) is 4.99 Å². The highest BCUT2D eigenvalue weighted by Crippen LogP contribution is 2.19. The first-order chi connectivity index (χ1) is 13.2. The predicted molar refractivity (Wildman–Crippen MR) is 117 cm³/mol. The summed E-state index contributed by atoms with van der Waals surface area (Å²) in [6, 6.07) is 14.8. The molecule has 2 heterocycles. The Bertz CT molecular complexity index is 825. The molecule has 1 atom stereocenters. The zero-order valence-electron chi connectivity index (χ0n) is 15.8. The maximum Gasteiger partial charge on any atom is 0.191 e. The van der Waals surface area contributed by atoms with Crippen LogP contribution in [0, 0.1) is 0 Å². The molecule has 2 N–H and O–H groups in total. The molecule has 0 radical (unpaired) electrons. The zero-order valence-corrected chi connectivity index (χ0v) is 17.4. The summed E-state index contributed by atoms with van der Waals surface area (Å²) < 4.78 is 0. The zero-order chi connectivity index (χ0) is 18.9. The quantitative estimate of drug-likeness (QED) is 0.435. The summed E-state index contributed by atoms with van der Waals surface area (Å²) in [6.07, 6.45) is 2.02. The van der Waals surface area contributed by atoms with E-state index < -0.39 is 0 Å². The molecule has 2 aromatic heterocycles. The van der Waals surface area contributed by atoms with Crippen LogP contribution in [0.5, 0.6) is 0 Å². The van der Waals surface area contributed by atoms with Crippen molar-refractivity contribution in [3.8, 4) is 0 Å². The van der Waals surface area contributed by atoms with Crippen LogP contribution in [-0.2, 0) is 19.4 Å². The number of thiazole rings is 1. The Hall–Kier alpha value is -2.18. The number of aryl methyl sites for hydroxylation is 2. The van der Waals surface area contributed by atoms with Gasteiger partial charge in [0.2, 0.25) is 0 Å². The molecule has 6 heteroatoms. The minimum absolute atomic E-state index is 0.465. The van der Waals surface area contributed by atoms with Gasteiger partial charge in [-0.2, -0.15) is 0 Å². The molecule has 3 rings (SSSR count). The fourth-order valence-corrected chi connectivity index (χ4v) is 4.34. The van der Waals surface area contributed by atoms with Gasteiger partial charge in [-0.05, 0) is 23.4 Å². The van der Waals surface area contributed by atoms with Crippen LogP contribution in [-0.4, -0.2) is 24.5 Å². The van der Waals surface area contributed by atoms with Crippen molar-refractivity contribution in [3.05, 3.63) is 74.4 Å². The Morgan fingerprint density at radius 1 is 1.07 bits per heavy atom. The van der Waals surface area contributed by atoms with Crippen LogP contribution in [0.2, 0.25) is 0 Å². The monoisotopic (exact) mass is 398 g/mol. The van der Waals surface area contributed by atoms with Gasteiger partial charge in [-0.3, -0.25) is 4.99 Å². The number of nitrogens with one attached hydrogen (secondary N) is 2. The fourth-order valence-electron chi connectivity index (χ4n) is 2.76. The number of aliphatic imine (C=N–C) groups is 1. The molecule has 0 bridgehead atoms. The van der Waals surface area contributed by atoms with E-state index in [1.807, 2.05) is 0 Å². The first kappa shape index (κ1) is 19.6. The maximum atomic E-state index is 4.74. The number of hydrogen-bond acceptors (Lipinski definition) is 4. The number of benzene rings is 1.